The van der Waals surface area contributed by atoms with E-state index in [0.717, 1.165) is 24.2 Å². The molecule has 0 bridgehead atoms. The van der Waals surface area contributed by atoms with E-state index >= 15 is 0 Å². The number of benzene rings is 2. The Kier molecular flexibility index (Phi) is 4.86. The predicted molar refractivity (Wildman–Crippen MR) is 107 cm³/mol. The van der Waals surface area contributed by atoms with Crippen molar-refractivity contribution in [3.05, 3.63) is 86.8 Å². The summed E-state index contributed by atoms with van der Waals surface area (Å²) in [7, 11) is 1.68. The van der Waals surface area contributed by atoms with E-state index in [4.69, 9.17) is 16.3 Å². The number of hydrogen-bond donors (Lipinski definition) is 1. The molecule has 0 aliphatic heterocycles. The molecule has 0 spiro atoms. The van der Waals surface area contributed by atoms with Crippen LogP contribution >= 0.6 is 11.6 Å². The third kappa shape index (κ3) is 3.43. The van der Waals surface area contributed by atoms with Crippen LogP contribution in [-0.2, 0) is 13.0 Å². The van der Waals surface area contributed by atoms with Gasteiger partial charge in [-0.1, -0.05) is 54.1 Å². The van der Waals surface area contributed by atoms with Crippen molar-refractivity contribution in [1.82, 2.24) is 9.78 Å². The van der Waals surface area contributed by atoms with E-state index < -0.39 is 0 Å². The molecule has 0 saturated heterocycles. The molecule has 0 radical (unpaired) electrons. The molecule has 0 amide bonds. The van der Waals surface area contributed by atoms with Crippen LogP contribution in [0.25, 0.3) is 0 Å². The SMILES string of the molecule is COc1cccc2c1CCC2Nc1cnn(Cc2ccccc2)c(=O)c1Cl. The minimum atomic E-state index is -0.297. The fraction of sp³-hybridized carbons (Fsp3) is 0.238. The van der Waals surface area contributed by atoms with Gasteiger partial charge in [-0.2, -0.15) is 5.10 Å². The number of anilines is 1. The van der Waals surface area contributed by atoms with E-state index in [-0.39, 0.29) is 16.6 Å². The minimum absolute atomic E-state index is 0.0822. The average molecular weight is 382 g/mol. The highest BCUT2D eigenvalue weighted by atomic mass is 35.5. The fourth-order valence-electron chi connectivity index (χ4n) is 3.58. The number of nitrogens with one attached hydrogen (secondary N) is 1. The standard InChI is InChI=1S/C21H20ClN3O2/c1-27-19-9-5-8-15-16(19)10-11-17(15)24-18-12-23-25(21(26)20(18)22)13-14-6-3-2-4-7-14/h2-9,12,17,24H,10-11,13H2,1H3. The minimum Gasteiger partial charge on any atom is -0.496 e. The number of methoxy groups -OCH3 is 1. The number of halogens is 1. The second-order valence-corrected chi connectivity index (χ2v) is 6.96. The molecule has 0 saturated carbocycles. The van der Waals surface area contributed by atoms with E-state index in [1.54, 1.807) is 13.3 Å². The largest absolute Gasteiger partial charge is 0.496 e. The molecule has 27 heavy (non-hydrogen) atoms. The van der Waals surface area contributed by atoms with Gasteiger partial charge in [0.05, 0.1) is 31.6 Å². The zero-order valence-electron chi connectivity index (χ0n) is 15.0. The lowest BCUT2D eigenvalue weighted by molar-refractivity contribution is 0.410. The first-order valence-electron chi connectivity index (χ1n) is 8.89. The maximum absolute atomic E-state index is 12.6. The van der Waals surface area contributed by atoms with Gasteiger partial charge >= 0.3 is 0 Å². The highest BCUT2D eigenvalue weighted by Gasteiger charge is 2.26. The van der Waals surface area contributed by atoms with E-state index in [9.17, 15) is 4.79 Å². The van der Waals surface area contributed by atoms with Gasteiger partial charge in [0.15, 0.2) is 0 Å². The van der Waals surface area contributed by atoms with Crippen molar-refractivity contribution >= 4 is 17.3 Å². The molecule has 138 valence electrons. The first-order chi connectivity index (χ1) is 13.2. The van der Waals surface area contributed by atoms with Gasteiger partial charge in [-0.3, -0.25) is 4.79 Å². The molecule has 5 nitrogen and oxygen atoms in total. The second kappa shape index (κ2) is 7.45. The van der Waals surface area contributed by atoms with Crippen LogP contribution in [0.1, 0.15) is 29.2 Å². The Hall–Kier alpha value is -2.79. The van der Waals surface area contributed by atoms with Crippen molar-refractivity contribution in [2.75, 3.05) is 12.4 Å². The van der Waals surface area contributed by atoms with Crippen molar-refractivity contribution in [3.63, 3.8) is 0 Å². The van der Waals surface area contributed by atoms with Gasteiger partial charge < -0.3 is 10.1 Å². The average Bonchev–Trinajstić information content (AvgIpc) is 3.11. The van der Waals surface area contributed by atoms with Crippen LogP contribution in [0.15, 0.2) is 59.5 Å². The predicted octanol–water partition coefficient (Wildman–Crippen LogP) is 4.05. The Morgan fingerprint density at radius 3 is 2.81 bits per heavy atom. The van der Waals surface area contributed by atoms with Crippen molar-refractivity contribution in [2.24, 2.45) is 0 Å². The summed E-state index contributed by atoms with van der Waals surface area (Å²) in [6.45, 7) is 0.392. The Morgan fingerprint density at radius 2 is 2.04 bits per heavy atom. The van der Waals surface area contributed by atoms with Gasteiger partial charge in [-0.05, 0) is 35.6 Å². The molecular weight excluding hydrogens is 362 g/mol. The summed E-state index contributed by atoms with van der Waals surface area (Å²) in [5.74, 6) is 0.902. The lowest BCUT2D eigenvalue weighted by atomic mass is 10.1. The number of fused-ring (bicyclic) bond motifs is 1. The van der Waals surface area contributed by atoms with Crippen LogP contribution in [0.2, 0.25) is 5.02 Å². The number of hydrogen-bond acceptors (Lipinski definition) is 4. The quantitative estimate of drug-likeness (QED) is 0.724. The summed E-state index contributed by atoms with van der Waals surface area (Å²) in [5, 5.41) is 7.85. The number of ether oxygens (including phenoxy) is 1. The van der Waals surface area contributed by atoms with Gasteiger partial charge in [0.25, 0.3) is 5.56 Å². The van der Waals surface area contributed by atoms with E-state index in [0.29, 0.717) is 12.2 Å². The van der Waals surface area contributed by atoms with Gasteiger partial charge in [0.2, 0.25) is 0 Å². The van der Waals surface area contributed by atoms with Crippen molar-refractivity contribution < 1.29 is 4.74 Å². The zero-order chi connectivity index (χ0) is 18.8. The normalized spacial score (nSPS) is 15.4. The lowest BCUT2D eigenvalue weighted by Crippen LogP contribution is -2.25. The second-order valence-electron chi connectivity index (χ2n) is 6.58. The first kappa shape index (κ1) is 17.6. The molecule has 0 fully saturated rings. The third-order valence-electron chi connectivity index (χ3n) is 4.94. The summed E-state index contributed by atoms with van der Waals surface area (Å²) >= 11 is 6.37. The number of rotatable bonds is 5. The molecule has 2 aromatic carbocycles. The van der Waals surface area contributed by atoms with Crippen LogP contribution < -0.4 is 15.6 Å². The van der Waals surface area contributed by atoms with Crippen molar-refractivity contribution in [2.45, 2.75) is 25.4 Å². The topological polar surface area (TPSA) is 56.1 Å². The molecule has 1 N–H and O–H groups in total. The highest BCUT2D eigenvalue weighted by molar-refractivity contribution is 6.32. The van der Waals surface area contributed by atoms with Crippen LogP contribution in [0.4, 0.5) is 5.69 Å². The summed E-state index contributed by atoms with van der Waals surface area (Å²) in [6, 6.07) is 15.8. The van der Waals surface area contributed by atoms with Gasteiger partial charge in [-0.15, -0.1) is 0 Å². The molecule has 6 heteroatoms. The van der Waals surface area contributed by atoms with Crippen molar-refractivity contribution in [3.8, 4) is 5.75 Å². The molecule has 1 aliphatic rings. The summed E-state index contributed by atoms with van der Waals surface area (Å²) in [4.78, 5) is 12.6. The Bertz CT molecular complexity index is 1020. The summed E-state index contributed by atoms with van der Waals surface area (Å²) in [6.07, 6.45) is 3.47. The smallest absolute Gasteiger partial charge is 0.287 e. The molecule has 1 aliphatic carbocycles. The van der Waals surface area contributed by atoms with Crippen LogP contribution in [0.5, 0.6) is 5.75 Å². The summed E-state index contributed by atoms with van der Waals surface area (Å²) in [5.41, 5.74) is 3.65. The molecule has 1 atom stereocenters. The van der Waals surface area contributed by atoms with E-state index in [1.165, 1.54) is 15.8 Å². The molecular formula is C21H20ClN3O2. The maximum atomic E-state index is 12.6. The van der Waals surface area contributed by atoms with Gasteiger partial charge in [-0.25, -0.2) is 4.68 Å². The maximum Gasteiger partial charge on any atom is 0.287 e. The molecule has 1 unspecified atom stereocenters. The zero-order valence-corrected chi connectivity index (χ0v) is 15.7. The molecule has 3 aromatic rings. The van der Waals surface area contributed by atoms with E-state index in [1.807, 2.05) is 42.5 Å². The Balaban J connectivity index is 1.58. The highest BCUT2D eigenvalue weighted by Crippen LogP contribution is 2.39. The molecule has 4 rings (SSSR count). The third-order valence-corrected chi connectivity index (χ3v) is 5.30. The Labute approximate surface area is 162 Å². The monoisotopic (exact) mass is 381 g/mol. The van der Waals surface area contributed by atoms with Crippen LogP contribution in [0.3, 0.4) is 0 Å². The lowest BCUT2D eigenvalue weighted by Gasteiger charge is -2.17. The molecule has 1 aromatic heterocycles. The van der Waals surface area contributed by atoms with Gasteiger partial charge in [0.1, 0.15) is 10.8 Å². The van der Waals surface area contributed by atoms with Crippen LogP contribution in [0, 0.1) is 0 Å². The number of aromatic nitrogens is 2. The Morgan fingerprint density at radius 1 is 1.22 bits per heavy atom. The van der Waals surface area contributed by atoms with Crippen LogP contribution in [-0.4, -0.2) is 16.9 Å². The number of nitrogens with zero attached hydrogens (tertiary/aromatic N) is 2. The first-order valence-corrected chi connectivity index (χ1v) is 9.27. The molecule has 1 heterocycles. The summed E-state index contributed by atoms with van der Waals surface area (Å²) < 4.78 is 6.83. The fourth-order valence-corrected chi connectivity index (χ4v) is 3.79. The van der Waals surface area contributed by atoms with Gasteiger partial charge in [0, 0.05) is 0 Å². The van der Waals surface area contributed by atoms with Crippen molar-refractivity contribution in [1.29, 1.82) is 0 Å². The van der Waals surface area contributed by atoms with E-state index in [2.05, 4.69) is 16.5 Å².